The van der Waals surface area contributed by atoms with Gasteiger partial charge in [-0.1, -0.05) is 23.4 Å². The molecule has 3 N–H and O–H groups in total. The van der Waals surface area contributed by atoms with Crippen LogP contribution in [0.15, 0.2) is 53.7 Å². The van der Waals surface area contributed by atoms with Gasteiger partial charge in [-0.25, -0.2) is 0 Å². The Morgan fingerprint density at radius 2 is 1.74 bits per heavy atom. The number of oxime groups is 1. The Morgan fingerprint density at radius 1 is 1.00 bits per heavy atom. The van der Waals surface area contributed by atoms with Crippen molar-refractivity contribution >= 4 is 17.1 Å². The predicted octanol–water partition coefficient (Wildman–Crippen LogP) is 3.35. The van der Waals surface area contributed by atoms with Gasteiger partial charge in [-0.3, -0.25) is 0 Å². The number of rotatable bonds is 2. The molecular formula is C15H12N2O2. The number of aromatic hydroxyl groups is 1. The summed E-state index contributed by atoms with van der Waals surface area (Å²) in [4.78, 5) is 3.30. The van der Waals surface area contributed by atoms with E-state index in [1.54, 1.807) is 12.1 Å². The molecule has 2 aromatic carbocycles. The summed E-state index contributed by atoms with van der Waals surface area (Å²) in [5.74, 6) is 0.220. The number of para-hydroxylation sites is 1. The lowest BCUT2D eigenvalue weighted by atomic mass is 10.1. The number of hydrogen-bond acceptors (Lipinski definition) is 3. The van der Waals surface area contributed by atoms with Gasteiger partial charge in [0.2, 0.25) is 0 Å². The molecule has 0 aliphatic rings. The summed E-state index contributed by atoms with van der Waals surface area (Å²) in [6.45, 7) is 0. The van der Waals surface area contributed by atoms with Gasteiger partial charge in [0.05, 0.1) is 11.9 Å². The van der Waals surface area contributed by atoms with Crippen molar-refractivity contribution in [3.63, 3.8) is 0 Å². The van der Waals surface area contributed by atoms with Crippen LogP contribution in [0, 0.1) is 0 Å². The van der Waals surface area contributed by atoms with Crippen molar-refractivity contribution in [2.75, 3.05) is 0 Å². The van der Waals surface area contributed by atoms with E-state index in [0.29, 0.717) is 0 Å². The minimum Gasteiger partial charge on any atom is -0.508 e. The van der Waals surface area contributed by atoms with Crippen molar-refractivity contribution in [2.24, 2.45) is 5.16 Å². The zero-order valence-electron chi connectivity index (χ0n) is 10.0. The molecule has 0 spiro atoms. The van der Waals surface area contributed by atoms with Crippen LogP contribution in [0.4, 0.5) is 0 Å². The van der Waals surface area contributed by atoms with Gasteiger partial charge < -0.3 is 15.3 Å². The van der Waals surface area contributed by atoms with Gasteiger partial charge in [-0.15, -0.1) is 0 Å². The van der Waals surface area contributed by atoms with Crippen LogP contribution >= 0.6 is 0 Å². The van der Waals surface area contributed by atoms with Gasteiger partial charge in [0, 0.05) is 16.5 Å². The Hall–Kier alpha value is -2.75. The van der Waals surface area contributed by atoms with Crippen LogP contribution < -0.4 is 0 Å². The molecule has 0 saturated heterocycles. The lowest BCUT2D eigenvalue weighted by Gasteiger charge is -2.00. The highest BCUT2D eigenvalue weighted by Gasteiger charge is 2.11. The molecule has 3 aromatic rings. The maximum absolute atomic E-state index is 9.34. The third-order valence-corrected chi connectivity index (χ3v) is 3.09. The van der Waals surface area contributed by atoms with Crippen molar-refractivity contribution in [3.8, 4) is 17.0 Å². The van der Waals surface area contributed by atoms with Crippen LogP contribution in [0.2, 0.25) is 0 Å². The fourth-order valence-electron chi connectivity index (χ4n) is 2.21. The molecule has 1 heterocycles. The van der Waals surface area contributed by atoms with E-state index in [0.717, 1.165) is 27.7 Å². The van der Waals surface area contributed by atoms with E-state index in [9.17, 15) is 5.11 Å². The third kappa shape index (κ3) is 1.93. The number of phenolic OH excluding ortho intramolecular Hbond substituents is 1. The van der Waals surface area contributed by atoms with E-state index in [1.165, 1.54) is 6.21 Å². The van der Waals surface area contributed by atoms with Crippen LogP contribution in [0.1, 0.15) is 5.56 Å². The average Bonchev–Trinajstić information content (AvgIpc) is 2.79. The summed E-state index contributed by atoms with van der Waals surface area (Å²) in [5.41, 5.74) is 3.58. The van der Waals surface area contributed by atoms with Crippen molar-refractivity contribution < 1.29 is 10.3 Å². The van der Waals surface area contributed by atoms with Gasteiger partial charge in [-0.2, -0.15) is 0 Å². The number of nitrogens with zero attached hydrogens (tertiary/aromatic N) is 1. The number of fused-ring (bicyclic) bond motifs is 1. The normalized spacial score (nSPS) is 11.4. The molecule has 94 valence electrons. The Labute approximate surface area is 109 Å². The second-order valence-corrected chi connectivity index (χ2v) is 4.25. The monoisotopic (exact) mass is 252 g/mol. The molecule has 4 nitrogen and oxygen atoms in total. The van der Waals surface area contributed by atoms with Gasteiger partial charge in [0.1, 0.15) is 5.75 Å². The molecule has 0 aliphatic heterocycles. The van der Waals surface area contributed by atoms with Crippen molar-refractivity contribution in [1.29, 1.82) is 0 Å². The Morgan fingerprint density at radius 3 is 2.47 bits per heavy atom. The predicted molar refractivity (Wildman–Crippen MR) is 74.8 cm³/mol. The van der Waals surface area contributed by atoms with Gasteiger partial charge in [-0.05, 0) is 35.9 Å². The van der Waals surface area contributed by atoms with Crippen LogP contribution in [0.25, 0.3) is 22.2 Å². The summed E-state index contributed by atoms with van der Waals surface area (Å²) >= 11 is 0. The summed E-state index contributed by atoms with van der Waals surface area (Å²) in [5, 5.41) is 22.3. The minimum atomic E-state index is 0.220. The van der Waals surface area contributed by atoms with E-state index in [4.69, 9.17) is 5.21 Å². The SMILES string of the molecule is O/N=C/c1c(-c2ccc(O)cc2)[nH]c2ccccc12. The number of benzene rings is 2. The number of aromatic amines is 1. The van der Waals surface area contributed by atoms with E-state index >= 15 is 0 Å². The first-order valence-electron chi connectivity index (χ1n) is 5.87. The molecular weight excluding hydrogens is 240 g/mol. The summed E-state index contributed by atoms with van der Waals surface area (Å²) < 4.78 is 0. The van der Waals surface area contributed by atoms with E-state index in [-0.39, 0.29) is 5.75 Å². The Balaban J connectivity index is 2.27. The van der Waals surface area contributed by atoms with Crippen molar-refractivity contribution in [1.82, 2.24) is 4.98 Å². The summed E-state index contributed by atoms with van der Waals surface area (Å²) in [6, 6.07) is 14.7. The molecule has 1 aromatic heterocycles. The van der Waals surface area contributed by atoms with E-state index in [1.807, 2.05) is 36.4 Å². The Kier molecular flexibility index (Phi) is 2.68. The minimum absolute atomic E-state index is 0.220. The largest absolute Gasteiger partial charge is 0.508 e. The first kappa shape index (κ1) is 11.3. The van der Waals surface area contributed by atoms with Crippen LogP contribution in [-0.2, 0) is 0 Å². The topological polar surface area (TPSA) is 68.6 Å². The van der Waals surface area contributed by atoms with E-state index in [2.05, 4.69) is 10.1 Å². The lowest BCUT2D eigenvalue weighted by molar-refractivity contribution is 0.322. The quantitative estimate of drug-likeness (QED) is 0.372. The molecule has 0 bridgehead atoms. The van der Waals surface area contributed by atoms with Gasteiger partial charge in [0.25, 0.3) is 0 Å². The molecule has 0 unspecified atom stereocenters. The standard InChI is InChI=1S/C15H12N2O2/c18-11-7-5-10(6-8-11)15-13(9-16-19)12-3-1-2-4-14(12)17-15/h1-9,17-19H/b16-9+. The number of hydrogen-bond donors (Lipinski definition) is 3. The number of nitrogens with one attached hydrogen (secondary N) is 1. The summed E-state index contributed by atoms with van der Waals surface area (Å²) in [7, 11) is 0. The third-order valence-electron chi connectivity index (χ3n) is 3.09. The molecule has 0 fully saturated rings. The van der Waals surface area contributed by atoms with Gasteiger partial charge in [0.15, 0.2) is 0 Å². The zero-order chi connectivity index (χ0) is 13.2. The van der Waals surface area contributed by atoms with Crippen LogP contribution in [-0.4, -0.2) is 21.5 Å². The second-order valence-electron chi connectivity index (χ2n) is 4.25. The van der Waals surface area contributed by atoms with Crippen molar-refractivity contribution in [3.05, 3.63) is 54.1 Å². The zero-order valence-corrected chi connectivity index (χ0v) is 10.0. The molecule has 0 atom stereocenters. The molecule has 3 rings (SSSR count). The molecule has 19 heavy (non-hydrogen) atoms. The fourth-order valence-corrected chi connectivity index (χ4v) is 2.21. The molecule has 0 amide bonds. The Bertz CT molecular complexity index is 742. The highest BCUT2D eigenvalue weighted by Crippen LogP contribution is 2.29. The summed E-state index contributed by atoms with van der Waals surface area (Å²) in [6.07, 6.45) is 1.42. The average molecular weight is 252 g/mol. The molecule has 4 heteroatoms. The van der Waals surface area contributed by atoms with Crippen LogP contribution in [0.5, 0.6) is 5.75 Å². The number of aromatic nitrogens is 1. The smallest absolute Gasteiger partial charge is 0.115 e. The maximum atomic E-state index is 9.34. The van der Waals surface area contributed by atoms with Crippen molar-refractivity contribution in [2.45, 2.75) is 0 Å². The maximum Gasteiger partial charge on any atom is 0.115 e. The first-order valence-corrected chi connectivity index (χ1v) is 5.87. The van der Waals surface area contributed by atoms with E-state index < -0.39 is 0 Å². The number of phenols is 1. The highest BCUT2D eigenvalue weighted by atomic mass is 16.4. The first-order chi connectivity index (χ1) is 9.29. The number of H-pyrrole nitrogens is 1. The molecule has 0 aliphatic carbocycles. The second kappa shape index (κ2) is 4.49. The molecule has 0 radical (unpaired) electrons. The highest BCUT2D eigenvalue weighted by molar-refractivity contribution is 6.05. The van der Waals surface area contributed by atoms with Crippen LogP contribution in [0.3, 0.4) is 0 Å². The van der Waals surface area contributed by atoms with Gasteiger partial charge >= 0.3 is 0 Å². The lowest BCUT2D eigenvalue weighted by Crippen LogP contribution is -1.85. The fraction of sp³-hybridized carbons (Fsp3) is 0. The molecule has 0 saturated carbocycles.